The van der Waals surface area contributed by atoms with E-state index in [0.29, 0.717) is 25.2 Å². The van der Waals surface area contributed by atoms with E-state index in [1.54, 1.807) is 17.0 Å². The highest BCUT2D eigenvalue weighted by molar-refractivity contribution is 5.89. The number of amides is 2. The first-order valence-corrected chi connectivity index (χ1v) is 11.3. The Morgan fingerprint density at radius 2 is 1.76 bits per heavy atom. The fourth-order valence-electron chi connectivity index (χ4n) is 3.95. The van der Waals surface area contributed by atoms with Gasteiger partial charge in [-0.25, -0.2) is 9.18 Å². The number of aromatic amines is 1. The lowest BCUT2D eigenvalue weighted by Gasteiger charge is -2.24. The molecule has 4 rings (SSSR count). The Morgan fingerprint density at radius 3 is 2.48 bits per heavy atom. The van der Waals surface area contributed by atoms with Crippen molar-refractivity contribution in [3.05, 3.63) is 102 Å². The van der Waals surface area contributed by atoms with E-state index >= 15 is 0 Å². The number of hydrogen-bond acceptors (Lipinski definition) is 1. The van der Waals surface area contributed by atoms with E-state index in [-0.39, 0.29) is 17.3 Å². The van der Waals surface area contributed by atoms with Crippen LogP contribution in [0.2, 0.25) is 0 Å². The number of rotatable bonds is 6. The van der Waals surface area contributed by atoms with E-state index in [4.69, 9.17) is 0 Å². The van der Waals surface area contributed by atoms with E-state index in [1.807, 2.05) is 24.4 Å². The summed E-state index contributed by atoms with van der Waals surface area (Å²) in [5.74, 6) is -0.379. The topological polar surface area (TPSA) is 48.1 Å². The molecule has 4 aromatic rings. The summed E-state index contributed by atoms with van der Waals surface area (Å²) in [6.45, 7) is 7.55. The van der Waals surface area contributed by atoms with Crippen LogP contribution in [-0.2, 0) is 18.4 Å². The highest BCUT2D eigenvalue weighted by Crippen LogP contribution is 2.23. The highest BCUT2D eigenvalue weighted by atomic mass is 19.1. The molecule has 33 heavy (non-hydrogen) atoms. The molecule has 0 aliphatic rings. The van der Waals surface area contributed by atoms with Crippen LogP contribution in [0.25, 0.3) is 10.9 Å². The van der Waals surface area contributed by atoms with Gasteiger partial charge in [0, 0.05) is 35.9 Å². The van der Waals surface area contributed by atoms with Crippen molar-refractivity contribution in [2.45, 2.75) is 39.2 Å². The number of carbonyl (C=O) groups is 1. The first-order valence-electron chi connectivity index (χ1n) is 11.3. The van der Waals surface area contributed by atoms with Gasteiger partial charge in [0.25, 0.3) is 0 Å². The third kappa shape index (κ3) is 5.61. The van der Waals surface area contributed by atoms with Crippen LogP contribution in [0.3, 0.4) is 0 Å². The van der Waals surface area contributed by atoms with Crippen molar-refractivity contribution < 1.29 is 9.18 Å². The number of benzene rings is 3. The lowest BCUT2D eigenvalue weighted by Crippen LogP contribution is -2.36. The van der Waals surface area contributed by atoms with Crippen LogP contribution < -0.4 is 5.32 Å². The lowest BCUT2D eigenvalue weighted by atomic mass is 9.87. The SMILES string of the molecule is CC(C)(C)c1ccc(CN(CCc2c[nH]c3ccccc23)C(=O)Nc2cccc(F)c2)cc1. The molecular weight excluding hydrogens is 413 g/mol. The quantitative estimate of drug-likeness (QED) is 0.335. The molecule has 0 radical (unpaired) electrons. The Hall–Kier alpha value is -3.60. The van der Waals surface area contributed by atoms with E-state index in [1.165, 1.54) is 17.7 Å². The summed E-state index contributed by atoms with van der Waals surface area (Å²) >= 11 is 0. The van der Waals surface area contributed by atoms with Crippen molar-refractivity contribution >= 4 is 22.6 Å². The van der Waals surface area contributed by atoms with E-state index in [0.717, 1.165) is 22.0 Å². The predicted octanol–water partition coefficient (Wildman–Crippen LogP) is 6.88. The molecule has 170 valence electrons. The minimum Gasteiger partial charge on any atom is -0.361 e. The van der Waals surface area contributed by atoms with Gasteiger partial charge in [0.2, 0.25) is 0 Å². The van der Waals surface area contributed by atoms with Crippen molar-refractivity contribution in [2.24, 2.45) is 0 Å². The Bertz CT molecular complexity index is 1240. The third-order valence-electron chi connectivity index (χ3n) is 5.88. The number of para-hydroxylation sites is 1. The molecule has 3 aromatic carbocycles. The second kappa shape index (κ2) is 9.49. The van der Waals surface area contributed by atoms with Gasteiger partial charge < -0.3 is 15.2 Å². The molecule has 0 saturated carbocycles. The molecular formula is C28H30FN3O. The van der Waals surface area contributed by atoms with Gasteiger partial charge in [-0.2, -0.15) is 0 Å². The van der Waals surface area contributed by atoms with Crippen LogP contribution in [0.4, 0.5) is 14.9 Å². The molecule has 1 aromatic heterocycles. The molecule has 0 saturated heterocycles. The van der Waals surface area contributed by atoms with Gasteiger partial charge in [-0.3, -0.25) is 0 Å². The maximum atomic E-state index is 13.6. The van der Waals surface area contributed by atoms with Crippen molar-refractivity contribution in [2.75, 3.05) is 11.9 Å². The molecule has 2 amide bonds. The zero-order chi connectivity index (χ0) is 23.4. The number of urea groups is 1. The molecule has 0 unspecified atom stereocenters. The fraction of sp³-hybridized carbons (Fsp3) is 0.250. The normalized spacial score (nSPS) is 11.5. The maximum Gasteiger partial charge on any atom is 0.322 e. The van der Waals surface area contributed by atoms with Crippen LogP contribution in [0.5, 0.6) is 0 Å². The largest absolute Gasteiger partial charge is 0.361 e. The average molecular weight is 444 g/mol. The maximum absolute atomic E-state index is 13.6. The van der Waals surface area contributed by atoms with Crippen LogP contribution >= 0.6 is 0 Å². The number of aromatic nitrogens is 1. The third-order valence-corrected chi connectivity index (χ3v) is 5.88. The summed E-state index contributed by atoms with van der Waals surface area (Å²) in [5, 5.41) is 4.01. The number of halogens is 1. The number of anilines is 1. The summed E-state index contributed by atoms with van der Waals surface area (Å²) < 4.78 is 13.6. The van der Waals surface area contributed by atoms with E-state index in [2.05, 4.69) is 61.4 Å². The number of nitrogens with zero attached hydrogens (tertiary/aromatic N) is 1. The molecule has 0 spiro atoms. The second-order valence-corrected chi connectivity index (χ2v) is 9.42. The standard InChI is InChI=1S/C28H30FN3O/c1-28(2,3)22-13-11-20(12-14-22)19-32(27(33)31-24-8-6-7-23(29)17-24)16-15-21-18-30-26-10-5-4-9-25(21)26/h4-14,17-18,30H,15-16,19H2,1-3H3,(H,31,33). The van der Waals surface area contributed by atoms with E-state index < -0.39 is 0 Å². The molecule has 0 fully saturated rings. The van der Waals surface area contributed by atoms with Crippen molar-refractivity contribution in [3.63, 3.8) is 0 Å². The van der Waals surface area contributed by atoms with Crippen LogP contribution in [0.1, 0.15) is 37.5 Å². The van der Waals surface area contributed by atoms with Crippen LogP contribution in [-0.4, -0.2) is 22.5 Å². The average Bonchev–Trinajstić information content (AvgIpc) is 3.19. The fourth-order valence-corrected chi connectivity index (χ4v) is 3.95. The number of nitrogens with one attached hydrogen (secondary N) is 2. The van der Waals surface area contributed by atoms with Gasteiger partial charge in [0.15, 0.2) is 0 Å². The summed E-state index contributed by atoms with van der Waals surface area (Å²) in [5.41, 5.74) is 5.07. The summed E-state index contributed by atoms with van der Waals surface area (Å²) in [4.78, 5) is 18.2. The van der Waals surface area contributed by atoms with Crippen molar-refractivity contribution in [1.29, 1.82) is 0 Å². The molecule has 0 aliphatic heterocycles. The molecule has 0 bridgehead atoms. The van der Waals surface area contributed by atoms with Crippen molar-refractivity contribution in [3.8, 4) is 0 Å². The zero-order valence-corrected chi connectivity index (χ0v) is 19.4. The summed E-state index contributed by atoms with van der Waals surface area (Å²) in [6, 6.07) is 22.3. The summed E-state index contributed by atoms with van der Waals surface area (Å²) in [6.07, 6.45) is 2.71. The molecule has 0 aliphatic carbocycles. The second-order valence-electron chi connectivity index (χ2n) is 9.42. The Balaban J connectivity index is 1.53. The Kier molecular flexibility index (Phi) is 6.50. The predicted molar refractivity (Wildman–Crippen MR) is 133 cm³/mol. The first kappa shape index (κ1) is 22.6. The number of hydrogen-bond donors (Lipinski definition) is 2. The zero-order valence-electron chi connectivity index (χ0n) is 19.4. The molecule has 0 atom stereocenters. The number of fused-ring (bicyclic) bond motifs is 1. The van der Waals surface area contributed by atoms with Gasteiger partial charge in [-0.1, -0.05) is 69.3 Å². The van der Waals surface area contributed by atoms with Crippen LogP contribution in [0.15, 0.2) is 79.0 Å². The van der Waals surface area contributed by atoms with Gasteiger partial charge in [-0.05, 0) is 52.8 Å². The molecule has 4 nitrogen and oxygen atoms in total. The molecule has 2 N–H and O–H groups in total. The number of H-pyrrole nitrogens is 1. The smallest absolute Gasteiger partial charge is 0.322 e. The first-order chi connectivity index (χ1) is 15.8. The van der Waals surface area contributed by atoms with Crippen LogP contribution in [0, 0.1) is 5.82 Å². The Labute approximate surface area is 194 Å². The lowest BCUT2D eigenvalue weighted by molar-refractivity contribution is 0.210. The Morgan fingerprint density at radius 1 is 1.00 bits per heavy atom. The van der Waals surface area contributed by atoms with Gasteiger partial charge >= 0.3 is 6.03 Å². The minimum absolute atomic E-state index is 0.0717. The van der Waals surface area contributed by atoms with Crippen molar-refractivity contribution in [1.82, 2.24) is 9.88 Å². The highest BCUT2D eigenvalue weighted by Gasteiger charge is 2.17. The van der Waals surface area contributed by atoms with Gasteiger partial charge in [-0.15, -0.1) is 0 Å². The molecule has 5 heteroatoms. The van der Waals surface area contributed by atoms with Gasteiger partial charge in [0.05, 0.1) is 0 Å². The monoisotopic (exact) mass is 443 g/mol. The number of carbonyl (C=O) groups excluding carboxylic acids is 1. The van der Waals surface area contributed by atoms with E-state index in [9.17, 15) is 9.18 Å². The summed E-state index contributed by atoms with van der Waals surface area (Å²) in [7, 11) is 0. The van der Waals surface area contributed by atoms with Gasteiger partial charge in [0.1, 0.15) is 5.82 Å². The molecule has 1 heterocycles. The minimum atomic E-state index is -0.379.